The number of aldehydes is 1. The molecule has 2 aromatic carbocycles. The molecule has 22 heavy (non-hydrogen) atoms. The Labute approximate surface area is 132 Å². The summed E-state index contributed by atoms with van der Waals surface area (Å²) in [4.78, 5) is 11.5. The highest BCUT2D eigenvalue weighted by molar-refractivity contribution is 6.32. The van der Waals surface area contributed by atoms with Gasteiger partial charge in [-0.2, -0.15) is 0 Å². The molecule has 1 atom stereocenters. The van der Waals surface area contributed by atoms with E-state index in [1.54, 1.807) is 18.2 Å². The lowest BCUT2D eigenvalue weighted by molar-refractivity contribution is -0.108. The first-order chi connectivity index (χ1) is 10.5. The fraction of sp³-hybridized carbons (Fsp3) is 0.188. The highest BCUT2D eigenvalue weighted by Gasteiger charge is 2.20. The molecule has 0 fully saturated rings. The van der Waals surface area contributed by atoms with Crippen LogP contribution in [0, 0.1) is 0 Å². The predicted octanol–water partition coefficient (Wildman–Crippen LogP) is 3.10. The standard InChI is InChI=1S/C16H15ClO5/c1-21-15-4-3-9(5-16(15)22-2)11(8-18)10-6-12(17)14(20)7-13(10)19/h3-8,11,19-20H,1-2H3. The molecule has 0 radical (unpaired) electrons. The number of rotatable bonds is 5. The van der Waals surface area contributed by atoms with E-state index in [4.69, 9.17) is 21.1 Å². The molecule has 0 aliphatic carbocycles. The van der Waals surface area contributed by atoms with Crippen LogP contribution in [0.1, 0.15) is 17.0 Å². The molecule has 2 rings (SSSR count). The molecule has 5 nitrogen and oxygen atoms in total. The third kappa shape index (κ3) is 2.94. The van der Waals surface area contributed by atoms with Crippen LogP contribution in [0.4, 0.5) is 0 Å². The van der Waals surface area contributed by atoms with Gasteiger partial charge in [-0.05, 0) is 23.8 Å². The van der Waals surface area contributed by atoms with Gasteiger partial charge in [0.2, 0.25) is 0 Å². The van der Waals surface area contributed by atoms with Crippen molar-refractivity contribution >= 4 is 17.9 Å². The Balaban J connectivity index is 2.53. The van der Waals surface area contributed by atoms with Crippen LogP contribution >= 0.6 is 11.6 Å². The van der Waals surface area contributed by atoms with E-state index in [0.717, 1.165) is 6.07 Å². The van der Waals surface area contributed by atoms with Crippen molar-refractivity contribution in [1.82, 2.24) is 0 Å². The van der Waals surface area contributed by atoms with E-state index in [9.17, 15) is 15.0 Å². The van der Waals surface area contributed by atoms with Crippen LogP contribution in [-0.2, 0) is 4.79 Å². The SMILES string of the molecule is COc1ccc(C(C=O)c2cc(Cl)c(O)cc2O)cc1OC. The van der Waals surface area contributed by atoms with Crippen molar-refractivity contribution in [3.8, 4) is 23.0 Å². The summed E-state index contributed by atoms with van der Waals surface area (Å²) in [5, 5.41) is 19.5. The van der Waals surface area contributed by atoms with Gasteiger partial charge >= 0.3 is 0 Å². The van der Waals surface area contributed by atoms with E-state index in [-0.39, 0.29) is 16.5 Å². The number of aromatic hydroxyl groups is 2. The molecule has 6 heteroatoms. The Morgan fingerprint density at radius 2 is 1.73 bits per heavy atom. The highest BCUT2D eigenvalue weighted by atomic mass is 35.5. The number of carbonyl (C=O) groups excluding carboxylic acids is 1. The summed E-state index contributed by atoms with van der Waals surface area (Å²) in [7, 11) is 3.01. The van der Waals surface area contributed by atoms with Crippen LogP contribution in [0.2, 0.25) is 5.02 Å². The van der Waals surface area contributed by atoms with Crippen LogP contribution in [0.5, 0.6) is 23.0 Å². The topological polar surface area (TPSA) is 76.0 Å². The number of carbonyl (C=O) groups is 1. The van der Waals surface area contributed by atoms with Gasteiger partial charge in [-0.25, -0.2) is 0 Å². The average molecular weight is 323 g/mol. The number of ether oxygens (including phenoxy) is 2. The van der Waals surface area contributed by atoms with Gasteiger partial charge in [-0.3, -0.25) is 0 Å². The van der Waals surface area contributed by atoms with Gasteiger partial charge in [0.25, 0.3) is 0 Å². The van der Waals surface area contributed by atoms with Crippen molar-refractivity contribution in [2.24, 2.45) is 0 Å². The monoisotopic (exact) mass is 322 g/mol. The third-order valence-corrected chi connectivity index (χ3v) is 3.64. The summed E-state index contributed by atoms with van der Waals surface area (Å²) in [5.41, 5.74) is 0.898. The fourth-order valence-electron chi connectivity index (χ4n) is 2.19. The number of phenolic OH excluding ortho intramolecular Hbond substituents is 2. The van der Waals surface area contributed by atoms with Crippen molar-refractivity contribution in [3.63, 3.8) is 0 Å². The van der Waals surface area contributed by atoms with E-state index in [1.807, 2.05) is 0 Å². The number of hydrogen-bond acceptors (Lipinski definition) is 5. The molecule has 1 unspecified atom stereocenters. The molecular formula is C16H15ClO5. The van der Waals surface area contributed by atoms with Gasteiger partial charge in [0, 0.05) is 11.6 Å². The Morgan fingerprint density at radius 1 is 1.05 bits per heavy atom. The lowest BCUT2D eigenvalue weighted by Crippen LogP contribution is -2.04. The maximum absolute atomic E-state index is 11.5. The van der Waals surface area contributed by atoms with Crippen molar-refractivity contribution in [3.05, 3.63) is 46.5 Å². The molecular weight excluding hydrogens is 308 g/mol. The van der Waals surface area contributed by atoms with Crippen LogP contribution in [0.25, 0.3) is 0 Å². The van der Waals surface area contributed by atoms with Gasteiger partial charge in [0.15, 0.2) is 11.5 Å². The lowest BCUT2D eigenvalue weighted by atomic mass is 9.91. The van der Waals surface area contributed by atoms with Crippen LogP contribution in [-0.4, -0.2) is 30.7 Å². The van der Waals surface area contributed by atoms with Crippen LogP contribution < -0.4 is 9.47 Å². The number of hydrogen-bond donors (Lipinski definition) is 2. The second kappa shape index (κ2) is 6.58. The van der Waals surface area contributed by atoms with Crippen molar-refractivity contribution in [2.45, 2.75) is 5.92 Å². The second-order valence-corrected chi connectivity index (χ2v) is 5.00. The minimum atomic E-state index is -0.752. The fourth-order valence-corrected chi connectivity index (χ4v) is 2.37. The maximum atomic E-state index is 11.5. The molecule has 116 valence electrons. The summed E-state index contributed by atoms with van der Waals surface area (Å²) >= 11 is 5.86. The Bertz CT molecular complexity index is 699. The van der Waals surface area contributed by atoms with E-state index in [0.29, 0.717) is 28.9 Å². The van der Waals surface area contributed by atoms with Gasteiger partial charge in [-0.1, -0.05) is 17.7 Å². The number of phenols is 2. The average Bonchev–Trinajstić information content (AvgIpc) is 2.52. The van der Waals surface area contributed by atoms with E-state index < -0.39 is 5.92 Å². The van der Waals surface area contributed by atoms with Gasteiger partial charge in [-0.15, -0.1) is 0 Å². The summed E-state index contributed by atoms with van der Waals surface area (Å²) in [6.45, 7) is 0. The first kappa shape index (κ1) is 16.0. The number of halogens is 1. The van der Waals surface area contributed by atoms with E-state index >= 15 is 0 Å². The molecule has 0 amide bonds. The van der Waals surface area contributed by atoms with Crippen molar-refractivity contribution < 1.29 is 24.5 Å². The number of benzene rings is 2. The van der Waals surface area contributed by atoms with Crippen molar-refractivity contribution in [2.75, 3.05) is 14.2 Å². The first-order valence-electron chi connectivity index (χ1n) is 6.40. The Morgan fingerprint density at radius 3 is 2.32 bits per heavy atom. The summed E-state index contributed by atoms with van der Waals surface area (Å²) in [6, 6.07) is 7.49. The normalized spacial score (nSPS) is 11.8. The second-order valence-electron chi connectivity index (χ2n) is 4.59. The lowest BCUT2D eigenvalue weighted by Gasteiger charge is -2.16. The van der Waals surface area contributed by atoms with Crippen molar-refractivity contribution in [1.29, 1.82) is 0 Å². The highest BCUT2D eigenvalue weighted by Crippen LogP contribution is 2.39. The molecule has 0 aromatic heterocycles. The Kier molecular flexibility index (Phi) is 4.78. The maximum Gasteiger partial charge on any atom is 0.161 e. The Hall–Kier alpha value is -2.40. The zero-order valence-corrected chi connectivity index (χ0v) is 12.8. The molecule has 0 bridgehead atoms. The molecule has 2 N–H and O–H groups in total. The largest absolute Gasteiger partial charge is 0.507 e. The quantitative estimate of drug-likeness (QED) is 0.827. The van der Waals surface area contributed by atoms with Gasteiger partial charge in [0.1, 0.15) is 17.8 Å². The van der Waals surface area contributed by atoms with Crippen LogP contribution in [0.3, 0.4) is 0 Å². The summed E-state index contributed by atoms with van der Waals surface area (Å²) < 4.78 is 10.4. The smallest absolute Gasteiger partial charge is 0.161 e. The van der Waals surface area contributed by atoms with E-state index in [1.165, 1.54) is 20.3 Å². The molecule has 0 saturated heterocycles. The predicted molar refractivity (Wildman–Crippen MR) is 82.2 cm³/mol. The molecule has 0 aliphatic rings. The van der Waals surface area contributed by atoms with Gasteiger partial charge in [0.05, 0.1) is 25.2 Å². The van der Waals surface area contributed by atoms with E-state index in [2.05, 4.69) is 0 Å². The first-order valence-corrected chi connectivity index (χ1v) is 6.78. The minimum Gasteiger partial charge on any atom is -0.507 e. The zero-order chi connectivity index (χ0) is 16.3. The minimum absolute atomic E-state index is 0.0557. The molecule has 0 aliphatic heterocycles. The summed E-state index contributed by atoms with van der Waals surface area (Å²) in [6.07, 6.45) is 0.684. The molecule has 0 heterocycles. The van der Waals surface area contributed by atoms with Gasteiger partial charge < -0.3 is 24.5 Å². The summed E-state index contributed by atoms with van der Waals surface area (Å²) in [5.74, 6) is -0.216. The zero-order valence-electron chi connectivity index (χ0n) is 12.0. The third-order valence-electron chi connectivity index (χ3n) is 3.33. The number of methoxy groups -OCH3 is 2. The molecule has 0 saturated carbocycles. The van der Waals surface area contributed by atoms with Crippen LogP contribution in [0.15, 0.2) is 30.3 Å². The molecule has 0 spiro atoms. The molecule has 2 aromatic rings.